The van der Waals surface area contributed by atoms with E-state index in [0.29, 0.717) is 5.16 Å². The van der Waals surface area contributed by atoms with Gasteiger partial charge in [0.15, 0.2) is 5.82 Å². The molecule has 1 aromatic heterocycles. The van der Waals surface area contributed by atoms with Crippen LogP contribution in [0, 0.1) is 0 Å². The van der Waals surface area contributed by atoms with Gasteiger partial charge in [0.05, 0.1) is 0 Å². The van der Waals surface area contributed by atoms with Gasteiger partial charge in [0.1, 0.15) is 0 Å². The van der Waals surface area contributed by atoms with Crippen LogP contribution in [0.25, 0.3) is 17.1 Å². The maximum Gasteiger partial charge on any atom is 0.167 e. The zero-order valence-electron chi connectivity index (χ0n) is 10.5. The van der Waals surface area contributed by atoms with Crippen LogP contribution in [0.3, 0.4) is 0 Å². The molecule has 0 saturated carbocycles. The van der Waals surface area contributed by atoms with Gasteiger partial charge in [-0.2, -0.15) is 5.10 Å². The Morgan fingerprint density at radius 2 is 1.37 bits per heavy atom. The fourth-order valence-corrected chi connectivity index (χ4v) is 2.09. The molecule has 0 amide bonds. The predicted molar refractivity (Wildman–Crippen MR) is 78.2 cm³/mol. The molecule has 0 saturated heterocycles. The van der Waals surface area contributed by atoms with Crippen LogP contribution in [0.5, 0.6) is 0 Å². The molecular formula is C14H10N3NaS-. The van der Waals surface area contributed by atoms with Gasteiger partial charge in [0, 0.05) is 46.0 Å². The summed E-state index contributed by atoms with van der Waals surface area (Å²) >= 11 is 5.24. The van der Waals surface area contributed by atoms with Crippen molar-refractivity contribution in [3.63, 3.8) is 0 Å². The second-order valence-electron chi connectivity index (χ2n) is 3.84. The Balaban J connectivity index is 0.00000133. The van der Waals surface area contributed by atoms with Crippen molar-refractivity contribution in [2.24, 2.45) is 0 Å². The molecule has 1 radical (unpaired) electrons. The summed E-state index contributed by atoms with van der Waals surface area (Å²) in [5.41, 5.74) is 1.98. The molecule has 0 spiro atoms. The average molecular weight is 275 g/mol. The third-order valence-electron chi connectivity index (χ3n) is 2.68. The summed E-state index contributed by atoms with van der Waals surface area (Å²) in [4.78, 5) is 0. The molecule has 0 bridgehead atoms. The maximum atomic E-state index is 5.24. The fraction of sp³-hybridized carbons (Fsp3) is 0. The Bertz CT molecular complexity index is 653. The summed E-state index contributed by atoms with van der Waals surface area (Å²) in [5, 5.41) is 8.64. The van der Waals surface area contributed by atoms with Crippen molar-refractivity contribution in [3.05, 3.63) is 60.7 Å². The van der Waals surface area contributed by atoms with Crippen molar-refractivity contribution in [1.82, 2.24) is 14.8 Å². The first-order chi connectivity index (χ1) is 8.86. The van der Waals surface area contributed by atoms with E-state index in [1.165, 1.54) is 0 Å². The van der Waals surface area contributed by atoms with Gasteiger partial charge in [-0.05, 0) is 12.1 Å². The fourth-order valence-electron chi connectivity index (χ4n) is 1.85. The van der Waals surface area contributed by atoms with Crippen LogP contribution in [-0.2, 0) is 12.6 Å². The molecule has 0 unspecified atom stereocenters. The number of aromatic nitrogens is 3. The first kappa shape index (κ1) is 14.2. The number of hydrogen-bond donors (Lipinski definition) is 0. The van der Waals surface area contributed by atoms with E-state index in [1.807, 2.05) is 65.2 Å². The molecule has 0 aliphatic heterocycles. The molecule has 0 aliphatic carbocycles. The van der Waals surface area contributed by atoms with Gasteiger partial charge < -0.3 is 12.6 Å². The van der Waals surface area contributed by atoms with E-state index in [9.17, 15) is 0 Å². The molecule has 89 valence electrons. The summed E-state index contributed by atoms with van der Waals surface area (Å²) in [5.74, 6) is 0.770. The van der Waals surface area contributed by atoms with Crippen molar-refractivity contribution in [3.8, 4) is 17.1 Å². The van der Waals surface area contributed by atoms with Crippen LogP contribution >= 0.6 is 0 Å². The number of benzene rings is 2. The molecule has 0 atom stereocenters. The number of hydrogen-bond acceptors (Lipinski definition) is 3. The van der Waals surface area contributed by atoms with Gasteiger partial charge in [-0.3, -0.25) is 4.57 Å². The van der Waals surface area contributed by atoms with E-state index < -0.39 is 0 Å². The average Bonchev–Trinajstić information content (AvgIpc) is 2.83. The van der Waals surface area contributed by atoms with Crippen molar-refractivity contribution in [2.75, 3.05) is 0 Å². The van der Waals surface area contributed by atoms with Gasteiger partial charge >= 0.3 is 0 Å². The normalized spacial score (nSPS) is 9.89. The second-order valence-corrected chi connectivity index (χ2v) is 4.21. The molecule has 2 aromatic carbocycles. The minimum absolute atomic E-state index is 0. The summed E-state index contributed by atoms with van der Waals surface area (Å²) < 4.78 is 1.88. The van der Waals surface area contributed by atoms with Crippen LogP contribution in [0.4, 0.5) is 0 Å². The molecule has 5 heteroatoms. The third-order valence-corrected chi connectivity index (χ3v) is 2.94. The van der Waals surface area contributed by atoms with Crippen molar-refractivity contribution in [1.29, 1.82) is 0 Å². The quantitative estimate of drug-likeness (QED) is 0.532. The molecule has 0 fully saturated rings. The van der Waals surface area contributed by atoms with Gasteiger partial charge in [-0.15, -0.1) is 5.10 Å². The predicted octanol–water partition coefficient (Wildman–Crippen LogP) is 2.46. The zero-order chi connectivity index (χ0) is 12.4. The topological polar surface area (TPSA) is 30.7 Å². The van der Waals surface area contributed by atoms with Gasteiger partial charge in [-0.1, -0.05) is 48.5 Å². The second kappa shape index (κ2) is 6.30. The van der Waals surface area contributed by atoms with Crippen molar-refractivity contribution >= 4 is 42.2 Å². The van der Waals surface area contributed by atoms with Crippen LogP contribution < -0.4 is 0 Å². The van der Waals surface area contributed by atoms with E-state index in [-0.39, 0.29) is 29.6 Å². The Morgan fingerprint density at radius 3 is 2.00 bits per heavy atom. The van der Waals surface area contributed by atoms with Crippen LogP contribution in [0.1, 0.15) is 0 Å². The van der Waals surface area contributed by atoms with Crippen LogP contribution in [0.15, 0.2) is 65.8 Å². The van der Waals surface area contributed by atoms with Crippen LogP contribution in [-0.4, -0.2) is 44.3 Å². The van der Waals surface area contributed by atoms with Crippen LogP contribution in [0.2, 0.25) is 0 Å². The molecule has 3 rings (SSSR count). The third kappa shape index (κ3) is 2.87. The number of para-hydroxylation sites is 1. The van der Waals surface area contributed by atoms with Crippen molar-refractivity contribution in [2.45, 2.75) is 5.16 Å². The van der Waals surface area contributed by atoms with E-state index >= 15 is 0 Å². The monoisotopic (exact) mass is 275 g/mol. The van der Waals surface area contributed by atoms with Gasteiger partial charge in [-0.25, -0.2) is 0 Å². The first-order valence-corrected chi connectivity index (χ1v) is 6.00. The minimum atomic E-state index is 0. The molecule has 3 aromatic rings. The van der Waals surface area contributed by atoms with Crippen molar-refractivity contribution < 1.29 is 0 Å². The molecule has 1 heterocycles. The summed E-state index contributed by atoms with van der Waals surface area (Å²) in [6.07, 6.45) is 0. The Hall–Kier alpha value is -1.20. The van der Waals surface area contributed by atoms with Gasteiger partial charge in [0.25, 0.3) is 0 Å². The Kier molecular flexibility index (Phi) is 4.71. The molecule has 19 heavy (non-hydrogen) atoms. The summed E-state index contributed by atoms with van der Waals surface area (Å²) in [6.45, 7) is 0. The van der Waals surface area contributed by atoms with E-state index in [2.05, 4.69) is 10.2 Å². The zero-order valence-corrected chi connectivity index (χ0v) is 13.3. The largest absolute Gasteiger partial charge is 0.740 e. The summed E-state index contributed by atoms with van der Waals surface area (Å²) in [6, 6.07) is 19.8. The number of rotatable bonds is 2. The molecule has 3 nitrogen and oxygen atoms in total. The van der Waals surface area contributed by atoms with E-state index in [1.54, 1.807) is 0 Å². The standard InChI is InChI=1S/C14H11N3S.Na/c18-14-16-15-13(11-7-3-1-4-8-11)17(14)12-9-5-2-6-10-12;/h1-10H,(H,16,18);/p-1. The van der Waals surface area contributed by atoms with E-state index in [0.717, 1.165) is 17.1 Å². The SMILES string of the molecule is [Na].[S-]c1nnc(-c2ccccc2)n1-c1ccccc1. The Morgan fingerprint density at radius 1 is 0.789 bits per heavy atom. The first-order valence-electron chi connectivity index (χ1n) is 5.59. The maximum absolute atomic E-state index is 5.24. The number of nitrogens with zero attached hydrogens (tertiary/aromatic N) is 3. The van der Waals surface area contributed by atoms with Gasteiger partial charge in [0.2, 0.25) is 0 Å². The molecular weight excluding hydrogens is 265 g/mol. The molecule has 0 N–H and O–H groups in total. The van der Waals surface area contributed by atoms with E-state index in [4.69, 9.17) is 12.6 Å². The Labute approximate surface area is 139 Å². The summed E-state index contributed by atoms with van der Waals surface area (Å²) in [7, 11) is 0. The minimum Gasteiger partial charge on any atom is -0.740 e. The smallest absolute Gasteiger partial charge is 0.167 e. The molecule has 0 aliphatic rings.